The second-order valence-corrected chi connectivity index (χ2v) is 5.37. The van der Waals surface area contributed by atoms with Crippen molar-refractivity contribution in [3.8, 4) is 6.07 Å². The summed E-state index contributed by atoms with van der Waals surface area (Å²) in [5.41, 5.74) is 0.587. The molecule has 0 aliphatic carbocycles. The molecule has 0 spiro atoms. The first-order chi connectivity index (χ1) is 6.93. The van der Waals surface area contributed by atoms with E-state index in [-0.39, 0.29) is 4.91 Å². The predicted molar refractivity (Wildman–Crippen MR) is 59.9 cm³/mol. The van der Waals surface area contributed by atoms with Gasteiger partial charge in [0.25, 0.3) is 0 Å². The Kier molecular flexibility index (Phi) is 3.51. The van der Waals surface area contributed by atoms with Crippen molar-refractivity contribution in [3.05, 3.63) is 39.8 Å². The number of allylic oxidation sites excluding steroid dienone is 1. The maximum atomic E-state index is 11.1. The minimum absolute atomic E-state index is 0.273. The molecule has 1 aromatic rings. The molecule has 0 amide bonds. The van der Waals surface area contributed by atoms with Crippen molar-refractivity contribution in [2.24, 2.45) is 0 Å². The maximum absolute atomic E-state index is 11.1. The van der Waals surface area contributed by atoms with Crippen molar-refractivity contribution in [1.29, 1.82) is 5.26 Å². The van der Waals surface area contributed by atoms with E-state index < -0.39 is 9.84 Å². The summed E-state index contributed by atoms with van der Waals surface area (Å²) in [4.78, 5) is -0.273. The summed E-state index contributed by atoms with van der Waals surface area (Å²) in [6.45, 7) is 0. The average Bonchev–Trinajstić information content (AvgIpc) is 2.12. The fraction of sp³-hybridized carbons (Fsp3) is 0.100. The molecular formula is C10H8ClNO2S. The van der Waals surface area contributed by atoms with E-state index in [1.165, 1.54) is 6.08 Å². The van der Waals surface area contributed by atoms with E-state index in [4.69, 9.17) is 16.9 Å². The van der Waals surface area contributed by atoms with Crippen LogP contribution in [0.3, 0.4) is 0 Å². The molecule has 15 heavy (non-hydrogen) atoms. The molecule has 5 heteroatoms. The lowest BCUT2D eigenvalue weighted by Crippen LogP contribution is -1.98. The van der Waals surface area contributed by atoms with E-state index in [9.17, 15) is 8.42 Å². The number of benzene rings is 1. The normalized spacial score (nSPS) is 12.2. The zero-order valence-corrected chi connectivity index (χ0v) is 9.51. The summed E-state index contributed by atoms with van der Waals surface area (Å²) < 4.78 is 22.3. The summed E-state index contributed by atoms with van der Waals surface area (Å²) in [6.07, 6.45) is 2.29. The number of hydrogen-bond acceptors (Lipinski definition) is 3. The van der Waals surface area contributed by atoms with E-state index >= 15 is 0 Å². The molecule has 0 saturated heterocycles. The Balaban J connectivity index is 3.23. The number of nitrogens with zero attached hydrogens (tertiary/aromatic N) is 1. The van der Waals surface area contributed by atoms with Gasteiger partial charge in [-0.2, -0.15) is 5.26 Å². The Morgan fingerprint density at radius 1 is 1.53 bits per heavy atom. The Bertz CT molecular complexity index is 541. The minimum Gasteiger partial charge on any atom is -0.223 e. The van der Waals surface area contributed by atoms with Gasteiger partial charge in [-0.15, -0.1) is 0 Å². The fourth-order valence-corrected chi connectivity index (χ4v) is 1.68. The lowest BCUT2D eigenvalue weighted by atomic mass is 10.2. The highest BCUT2D eigenvalue weighted by Crippen LogP contribution is 2.15. The summed E-state index contributed by atoms with van der Waals surface area (Å²) in [6, 6.07) is 8.26. The molecule has 3 nitrogen and oxygen atoms in total. The fourth-order valence-electron chi connectivity index (χ4n) is 0.970. The molecule has 0 saturated carbocycles. The van der Waals surface area contributed by atoms with E-state index in [1.807, 2.05) is 0 Å². The lowest BCUT2D eigenvalue weighted by molar-refractivity contribution is 0.609. The largest absolute Gasteiger partial charge is 0.223 e. The second-order valence-electron chi connectivity index (χ2n) is 2.95. The highest BCUT2D eigenvalue weighted by molar-refractivity contribution is 7.95. The first-order valence-corrected chi connectivity index (χ1v) is 6.28. The molecule has 0 N–H and O–H groups in total. The zero-order valence-electron chi connectivity index (χ0n) is 7.94. The molecule has 0 aliphatic heterocycles. The summed E-state index contributed by atoms with van der Waals surface area (Å²) in [5, 5.41) is 9.16. The van der Waals surface area contributed by atoms with Gasteiger partial charge in [-0.05, 0) is 23.8 Å². The van der Waals surface area contributed by atoms with Crippen molar-refractivity contribution in [2.75, 3.05) is 6.26 Å². The van der Waals surface area contributed by atoms with Crippen LogP contribution in [0.15, 0.2) is 29.2 Å². The molecule has 0 unspecified atom stereocenters. The summed E-state index contributed by atoms with van der Waals surface area (Å²) in [7, 11) is -3.47. The van der Waals surface area contributed by atoms with Gasteiger partial charge in [0.1, 0.15) is 11.0 Å². The smallest absolute Gasteiger partial charge is 0.185 e. The molecule has 1 aromatic carbocycles. The third-order valence-electron chi connectivity index (χ3n) is 1.66. The van der Waals surface area contributed by atoms with Crippen molar-refractivity contribution in [2.45, 2.75) is 0 Å². The van der Waals surface area contributed by atoms with Crippen LogP contribution >= 0.6 is 11.6 Å². The number of sulfone groups is 1. The molecule has 0 radical (unpaired) electrons. The highest BCUT2D eigenvalue weighted by Gasteiger charge is 2.09. The predicted octanol–water partition coefficient (Wildman–Crippen LogP) is 2.25. The first-order valence-electron chi connectivity index (χ1n) is 4.01. The zero-order chi connectivity index (χ0) is 11.5. The monoisotopic (exact) mass is 241 g/mol. The molecule has 78 valence electrons. The molecule has 0 fully saturated rings. The number of hydrogen-bond donors (Lipinski definition) is 0. The molecule has 0 heterocycles. The van der Waals surface area contributed by atoms with Crippen molar-refractivity contribution in [3.63, 3.8) is 0 Å². The highest BCUT2D eigenvalue weighted by atomic mass is 35.5. The average molecular weight is 242 g/mol. The third-order valence-corrected chi connectivity index (χ3v) is 2.90. The Morgan fingerprint density at radius 3 is 2.67 bits per heavy atom. The van der Waals surface area contributed by atoms with Crippen LogP contribution in [-0.4, -0.2) is 14.7 Å². The number of nitriles is 1. The van der Waals surface area contributed by atoms with Crippen molar-refractivity contribution >= 4 is 27.5 Å². The van der Waals surface area contributed by atoms with Crippen LogP contribution in [0.1, 0.15) is 5.56 Å². The van der Waals surface area contributed by atoms with Crippen LogP contribution in [0.2, 0.25) is 5.02 Å². The molecular weight excluding hydrogens is 234 g/mol. The Morgan fingerprint density at radius 2 is 2.20 bits per heavy atom. The van der Waals surface area contributed by atoms with Gasteiger partial charge in [-0.3, -0.25) is 0 Å². The van der Waals surface area contributed by atoms with E-state index in [1.54, 1.807) is 30.3 Å². The quantitative estimate of drug-likeness (QED) is 0.747. The minimum atomic E-state index is -3.47. The maximum Gasteiger partial charge on any atom is 0.185 e. The van der Waals surface area contributed by atoms with E-state index in [0.29, 0.717) is 10.6 Å². The van der Waals surface area contributed by atoms with Gasteiger partial charge in [0, 0.05) is 11.3 Å². The number of halogens is 1. The Labute approximate surface area is 93.5 Å². The second kappa shape index (κ2) is 4.47. The van der Waals surface area contributed by atoms with Gasteiger partial charge in [0.2, 0.25) is 0 Å². The number of rotatable bonds is 2. The lowest BCUT2D eigenvalue weighted by Gasteiger charge is -1.96. The molecule has 0 bridgehead atoms. The van der Waals surface area contributed by atoms with E-state index in [2.05, 4.69) is 0 Å². The van der Waals surface area contributed by atoms with Crippen LogP contribution in [-0.2, 0) is 9.84 Å². The standard InChI is InChI=1S/C10H8ClNO2S/c1-15(13,14)10(7-12)6-8-3-2-4-9(11)5-8/h2-6H,1H3/b10-6+. The SMILES string of the molecule is CS(=O)(=O)/C(C#N)=C/c1cccc(Cl)c1. The van der Waals surface area contributed by atoms with Crippen LogP contribution < -0.4 is 0 Å². The third kappa shape index (κ3) is 3.39. The van der Waals surface area contributed by atoms with E-state index in [0.717, 1.165) is 6.26 Å². The summed E-state index contributed by atoms with van der Waals surface area (Å²) >= 11 is 5.72. The van der Waals surface area contributed by atoms with Crippen molar-refractivity contribution in [1.82, 2.24) is 0 Å². The van der Waals surface area contributed by atoms with Gasteiger partial charge in [-0.25, -0.2) is 8.42 Å². The van der Waals surface area contributed by atoms with Crippen LogP contribution in [0.25, 0.3) is 6.08 Å². The van der Waals surface area contributed by atoms with Gasteiger partial charge < -0.3 is 0 Å². The molecule has 0 aliphatic rings. The van der Waals surface area contributed by atoms with Gasteiger partial charge >= 0.3 is 0 Å². The van der Waals surface area contributed by atoms with Gasteiger partial charge in [0.05, 0.1) is 0 Å². The topological polar surface area (TPSA) is 57.9 Å². The van der Waals surface area contributed by atoms with Crippen LogP contribution in [0.4, 0.5) is 0 Å². The molecule has 0 aromatic heterocycles. The molecule has 1 rings (SSSR count). The van der Waals surface area contributed by atoms with Gasteiger partial charge in [-0.1, -0.05) is 23.7 Å². The first kappa shape index (κ1) is 11.8. The summed E-state index contributed by atoms with van der Waals surface area (Å²) in [5.74, 6) is 0. The van der Waals surface area contributed by atoms with Gasteiger partial charge in [0.15, 0.2) is 9.84 Å². The Hall–Kier alpha value is -1.31. The van der Waals surface area contributed by atoms with Crippen LogP contribution in [0, 0.1) is 11.3 Å². The molecule has 0 atom stereocenters. The van der Waals surface area contributed by atoms with Crippen molar-refractivity contribution < 1.29 is 8.42 Å². The van der Waals surface area contributed by atoms with Crippen LogP contribution in [0.5, 0.6) is 0 Å².